The Balaban J connectivity index is 1.76. The first-order valence-corrected chi connectivity index (χ1v) is 11.5. The fraction of sp³-hybridized carbons (Fsp3) is 0.273. The molecule has 31 heavy (non-hydrogen) atoms. The van der Waals surface area contributed by atoms with Gasteiger partial charge in [-0.2, -0.15) is 0 Å². The van der Waals surface area contributed by atoms with Crippen LogP contribution < -0.4 is 10.5 Å². The number of nitrogens with two attached hydrogens (primary N) is 1. The molecule has 0 spiro atoms. The molecule has 9 heteroatoms. The number of aromatic nitrogens is 3. The molecule has 160 valence electrons. The van der Waals surface area contributed by atoms with Gasteiger partial charge < -0.3 is 19.8 Å². The second kappa shape index (κ2) is 7.51. The van der Waals surface area contributed by atoms with Crippen LogP contribution in [0.2, 0.25) is 0 Å². The number of anilines is 1. The van der Waals surface area contributed by atoms with E-state index in [2.05, 4.69) is 4.98 Å². The summed E-state index contributed by atoms with van der Waals surface area (Å²) in [6, 6.07) is 13.6. The minimum atomic E-state index is -3.95. The topological polar surface area (TPSA) is 109 Å². The molecule has 1 aliphatic rings. The summed E-state index contributed by atoms with van der Waals surface area (Å²) in [5, 5.41) is 0. The molecule has 1 atom stereocenters. The maximum atomic E-state index is 13.6. The number of sulfone groups is 1. The van der Waals surface area contributed by atoms with Crippen molar-refractivity contribution in [3.05, 3.63) is 48.5 Å². The fourth-order valence-electron chi connectivity index (χ4n) is 4.00. The van der Waals surface area contributed by atoms with Gasteiger partial charge in [0.25, 0.3) is 0 Å². The van der Waals surface area contributed by atoms with Gasteiger partial charge in [0.1, 0.15) is 22.0 Å². The molecule has 5 rings (SSSR count). The first-order chi connectivity index (χ1) is 15.0. The van der Waals surface area contributed by atoms with E-state index in [0.29, 0.717) is 35.6 Å². The normalized spacial score (nSPS) is 16.9. The van der Waals surface area contributed by atoms with Crippen LogP contribution in [0.4, 0.5) is 5.82 Å². The van der Waals surface area contributed by atoms with E-state index in [4.69, 9.17) is 20.2 Å². The summed E-state index contributed by atoms with van der Waals surface area (Å²) in [4.78, 5) is 9.46. The molecule has 0 bridgehead atoms. The minimum absolute atomic E-state index is 0.0242. The van der Waals surface area contributed by atoms with Crippen molar-refractivity contribution in [1.29, 1.82) is 0 Å². The monoisotopic (exact) mass is 438 g/mol. The third kappa shape index (κ3) is 3.30. The van der Waals surface area contributed by atoms with Gasteiger partial charge in [-0.3, -0.25) is 0 Å². The number of hydrogen-bond donors (Lipinski definition) is 1. The SMILES string of the molecule is COc1ccc(S(=O)(=O)c2c(N)n(C[C@H]3CCCO3)c3nc4ccccc4nc23)cc1. The van der Waals surface area contributed by atoms with Crippen LogP contribution in [0, 0.1) is 0 Å². The number of nitrogens with zero attached hydrogens (tertiary/aromatic N) is 3. The highest BCUT2D eigenvalue weighted by molar-refractivity contribution is 7.92. The molecule has 2 aromatic heterocycles. The van der Waals surface area contributed by atoms with Crippen LogP contribution >= 0.6 is 0 Å². The van der Waals surface area contributed by atoms with E-state index in [1.807, 2.05) is 18.2 Å². The van der Waals surface area contributed by atoms with Crippen LogP contribution in [0.15, 0.2) is 58.3 Å². The van der Waals surface area contributed by atoms with Crippen molar-refractivity contribution >= 4 is 37.9 Å². The molecule has 4 aromatic rings. The highest BCUT2D eigenvalue weighted by Gasteiger charge is 2.31. The lowest BCUT2D eigenvalue weighted by atomic mass is 10.2. The molecule has 0 radical (unpaired) electrons. The number of nitrogen functional groups attached to an aromatic ring is 1. The van der Waals surface area contributed by atoms with E-state index in [1.54, 1.807) is 22.8 Å². The van der Waals surface area contributed by atoms with Crippen molar-refractivity contribution in [3.8, 4) is 5.75 Å². The van der Waals surface area contributed by atoms with Gasteiger partial charge in [0.2, 0.25) is 9.84 Å². The Kier molecular flexibility index (Phi) is 4.79. The van der Waals surface area contributed by atoms with Gasteiger partial charge in [-0.15, -0.1) is 0 Å². The predicted octanol–water partition coefficient (Wildman–Crippen LogP) is 3.19. The number of benzene rings is 2. The summed E-state index contributed by atoms with van der Waals surface area (Å²) in [6.07, 6.45) is 1.82. The fourth-order valence-corrected chi connectivity index (χ4v) is 5.51. The van der Waals surface area contributed by atoms with E-state index in [9.17, 15) is 8.42 Å². The summed E-state index contributed by atoms with van der Waals surface area (Å²) >= 11 is 0. The lowest BCUT2D eigenvalue weighted by Crippen LogP contribution is -2.17. The zero-order valence-electron chi connectivity index (χ0n) is 17.0. The quantitative estimate of drug-likeness (QED) is 0.510. The van der Waals surface area contributed by atoms with Gasteiger partial charge in [-0.25, -0.2) is 18.4 Å². The highest BCUT2D eigenvalue weighted by Crippen LogP contribution is 2.36. The summed E-state index contributed by atoms with van der Waals surface area (Å²) in [7, 11) is -2.42. The van der Waals surface area contributed by atoms with Gasteiger partial charge in [0, 0.05) is 6.61 Å². The van der Waals surface area contributed by atoms with Crippen molar-refractivity contribution in [2.75, 3.05) is 19.5 Å². The van der Waals surface area contributed by atoms with Gasteiger partial charge in [0.15, 0.2) is 5.65 Å². The van der Waals surface area contributed by atoms with E-state index in [1.165, 1.54) is 19.2 Å². The third-order valence-corrected chi connectivity index (χ3v) is 7.43. The summed E-state index contributed by atoms with van der Waals surface area (Å²) in [6.45, 7) is 1.11. The predicted molar refractivity (Wildman–Crippen MR) is 117 cm³/mol. The average Bonchev–Trinajstić information content (AvgIpc) is 3.39. The third-order valence-electron chi connectivity index (χ3n) is 5.59. The molecule has 1 aliphatic heterocycles. The van der Waals surface area contributed by atoms with Crippen LogP contribution in [-0.2, 0) is 21.1 Å². The van der Waals surface area contributed by atoms with Crippen molar-refractivity contribution in [1.82, 2.24) is 14.5 Å². The second-order valence-electron chi connectivity index (χ2n) is 7.52. The number of rotatable bonds is 5. The number of para-hydroxylation sites is 2. The molecule has 2 N–H and O–H groups in total. The summed E-state index contributed by atoms with van der Waals surface area (Å²) in [5.41, 5.74) is 8.45. The van der Waals surface area contributed by atoms with Crippen molar-refractivity contribution < 1.29 is 17.9 Å². The summed E-state index contributed by atoms with van der Waals surface area (Å²) < 4.78 is 39.9. The molecule has 1 saturated heterocycles. The van der Waals surface area contributed by atoms with Gasteiger partial charge in [0.05, 0.1) is 35.7 Å². The Morgan fingerprint density at radius 2 is 1.84 bits per heavy atom. The first-order valence-electron chi connectivity index (χ1n) is 10.0. The largest absolute Gasteiger partial charge is 0.497 e. The maximum absolute atomic E-state index is 13.6. The molecule has 0 amide bonds. The molecule has 3 heterocycles. The molecule has 2 aromatic carbocycles. The summed E-state index contributed by atoms with van der Waals surface area (Å²) in [5.74, 6) is 0.690. The Morgan fingerprint density at radius 1 is 1.13 bits per heavy atom. The van der Waals surface area contributed by atoms with Crippen molar-refractivity contribution in [3.63, 3.8) is 0 Å². The Morgan fingerprint density at radius 3 is 2.48 bits per heavy atom. The van der Waals surface area contributed by atoms with Crippen LogP contribution in [0.25, 0.3) is 22.2 Å². The van der Waals surface area contributed by atoms with Crippen LogP contribution in [0.3, 0.4) is 0 Å². The zero-order valence-corrected chi connectivity index (χ0v) is 17.8. The number of ether oxygens (including phenoxy) is 2. The van der Waals surface area contributed by atoms with E-state index < -0.39 is 9.84 Å². The average molecular weight is 439 g/mol. The van der Waals surface area contributed by atoms with Crippen molar-refractivity contribution in [2.45, 2.75) is 35.3 Å². The Hall–Kier alpha value is -3.17. The molecular weight excluding hydrogens is 416 g/mol. The zero-order chi connectivity index (χ0) is 21.6. The van der Waals surface area contributed by atoms with Gasteiger partial charge in [-0.05, 0) is 49.2 Å². The van der Waals surface area contributed by atoms with Crippen LogP contribution in [-0.4, -0.2) is 42.8 Å². The Labute approximate surface area is 179 Å². The number of hydrogen-bond acceptors (Lipinski definition) is 7. The van der Waals surface area contributed by atoms with Crippen molar-refractivity contribution in [2.24, 2.45) is 0 Å². The molecule has 0 aliphatic carbocycles. The molecular formula is C22H22N4O4S. The van der Waals surface area contributed by atoms with Gasteiger partial charge in [-0.1, -0.05) is 12.1 Å². The first kappa shape index (κ1) is 19.8. The number of fused-ring (bicyclic) bond motifs is 2. The molecule has 1 fully saturated rings. The maximum Gasteiger partial charge on any atom is 0.212 e. The van der Waals surface area contributed by atoms with E-state index >= 15 is 0 Å². The molecule has 8 nitrogen and oxygen atoms in total. The van der Waals surface area contributed by atoms with Crippen LogP contribution in [0.5, 0.6) is 5.75 Å². The standard InChI is InChI=1S/C22H22N4O4S/c1-29-14-8-10-16(11-9-14)31(27,28)20-19-22(25-18-7-3-2-6-17(18)24-19)26(21(20)23)13-15-5-4-12-30-15/h2-3,6-11,15H,4-5,12-13,23H2,1H3/t15-/m1/s1. The van der Waals surface area contributed by atoms with Gasteiger partial charge >= 0.3 is 0 Å². The Bertz CT molecular complexity index is 1370. The van der Waals surface area contributed by atoms with Crippen LogP contribution in [0.1, 0.15) is 12.8 Å². The second-order valence-corrected chi connectivity index (χ2v) is 9.41. The lowest BCUT2D eigenvalue weighted by Gasteiger charge is -2.13. The lowest BCUT2D eigenvalue weighted by molar-refractivity contribution is 0.0983. The highest BCUT2D eigenvalue weighted by atomic mass is 32.2. The number of methoxy groups -OCH3 is 1. The van der Waals surface area contributed by atoms with E-state index in [-0.39, 0.29) is 27.2 Å². The minimum Gasteiger partial charge on any atom is -0.497 e. The molecule has 0 unspecified atom stereocenters. The van der Waals surface area contributed by atoms with E-state index in [0.717, 1.165) is 12.8 Å². The molecule has 0 saturated carbocycles. The smallest absolute Gasteiger partial charge is 0.212 e.